The van der Waals surface area contributed by atoms with E-state index in [0.717, 1.165) is 6.07 Å². The van der Waals surface area contributed by atoms with E-state index in [-0.39, 0.29) is 23.7 Å². The molecule has 9 heteroatoms. The minimum Gasteiger partial charge on any atom is -0.444 e. The fourth-order valence-electron chi connectivity index (χ4n) is 1.64. The van der Waals surface area contributed by atoms with Crippen LogP contribution in [0.25, 0.3) is 0 Å². The molecule has 3 N–H and O–H groups in total. The summed E-state index contributed by atoms with van der Waals surface area (Å²) in [5, 5.41) is 7.44. The molecule has 0 aliphatic rings. The van der Waals surface area contributed by atoms with Crippen molar-refractivity contribution in [3.63, 3.8) is 0 Å². The van der Waals surface area contributed by atoms with Crippen LogP contribution in [0.2, 0.25) is 0 Å². The summed E-state index contributed by atoms with van der Waals surface area (Å²) in [6.07, 6.45) is 0.797. The second-order valence-electron chi connectivity index (χ2n) is 5.91. The molecule has 134 valence electrons. The molecule has 0 saturated carbocycles. The van der Waals surface area contributed by atoms with E-state index >= 15 is 0 Å². The number of halogens is 1. The van der Waals surface area contributed by atoms with Crippen molar-refractivity contribution in [3.8, 4) is 0 Å². The lowest BCUT2D eigenvalue weighted by molar-refractivity contribution is 0.0528. The smallest absolute Gasteiger partial charge is 0.407 e. The third kappa shape index (κ3) is 7.40. The van der Waals surface area contributed by atoms with Gasteiger partial charge in [0.05, 0.1) is 15.7 Å². The van der Waals surface area contributed by atoms with Gasteiger partial charge in [-0.2, -0.15) is 0 Å². The number of hydrogen-bond donors (Lipinski definition) is 3. The van der Waals surface area contributed by atoms with Crippen molar-refractivity contribution < 1.29 is 22.9 Å². The van der Waals surface area contributed by atoms with Gasteiger partial charge in [0.1, 0.15) is 11.4 Å². The van der Waals surface area contributed by atoms with Crippen molar-refractivity contribution in [1.82, 2.24) is 10.6 Å². The molecule has 1 atom stereocenters. The molecule has 0 unspecified atom stereocenters. The van der Waals surface area contributed by atoms with Gasteiger partial charge in [-0.25, -0.2) is 14.0 Å². The number of ether oxygens (including phenoxy) is 1. The Morgan fingerprint density at radius 2 is 1.83 bits per heavy atom. The summed E-state index contributed by atoms with van der Waals surface area (Å²) in [5.41, 5.74) is -0.355. The summed E-state index contributed by atoms with van der Waals surface area (Å²) in [7, 11) is -1.44. The Kier molecular flexibility index (Phi) is 7.15. The highest BCUT2D eigenvalue weighted by molar-refractivity contribution is 7.84. The van der Waals surface area contributed by atoms with Crippen molar-refractivity contribution in [1.29, 1.82) is 0 Å². The molecule has 0 saturated heterocycles. The largest absolute Gasteiger partial charge is 0.444 e. The van der Waals surface area contributed by atoms with E-state index in [2.05, 4.69) is 16.0 Å². The fraction of sp³-hybridized carbons (Fsp3) is 0.467. The number of anilines is 1. The van der Waals surface area contributed by atoms with E-state index in [4.69, 9.17) is 4.74 Å². The van der Waals surface area contributed by atoms with E-state index in [0.29, 0.717) is 0 Å². The number of alkyl carbamates (subject to hydrolysis) is 1. The van der Waals surface area contributed by atoms with Gasteiger partial charge in [-0.15, -0.1) is 0 Å². The summed E-state index contributed by atoms with van der Waals surface area (Å²) >= 11 is 0. The van der Waals surface area contributed by atoms with Gasteiger partial charge in [-0.3, -0.25) is 4.21 Å². The first-order chi connectivity index (χ1) is 11.1. The number of amides is 3. The van der Waals surface area contributed by atoms with E-state index in [1.807, 2.05) is 0 Å². The molecule has 7 nitrogen and oxygen atoms in total. The van der Waals surface area contributed by atoms with Gasteiger partial charge in [-0.05, 0) is 39.0 Å². The first kappa shape index (κ1) is 19.9. The van der Waals surface area contributed by atoms with E-state index < -0.39 is 34.3 Å². The highest BCUT2D eigenvalue weighted by atomic mass is 32.2. The van der Waals surface area contributed by atoms with Gasteiger partial charge >= 0.3 is 12.1 Å². The first-order valence-electron chi connectivity index (χ1n) is 7.23. The number of carbonyl (C=O) groups excluding carboxylic acids is 2. The number of hydrogen-bond acceptors (Lipinski definition) is 4. The maximum Gasteiger partial charge on any atom is 0.407 e. The normalized spacial score (nSPS) is 12.2. The zero-order valence-corrected chi connectivity index (χ0v) is 14.9. The van der Waals surface area contributed by atoms with Crippen LogP contribution < -0.4 is 16.0 Å². The van der Waals surface area contributed by atoms with Gasteiger partial charge in [0.2, 0.25) is 0 Å². The van der Waals surface area contributed by atoms with Crippen LogP contribution in [0.4, 0.5) is 19.7 Å². The fourth-order valence-corrected chi connectivity index (χ4v) is 2.23. The lowest BCUT2D eigenvalue weighted by Crippen LogP contribution is -2.39. The Balaban J connectivity index is 2.36. The molecule has 0 radical (unpaired) electrons. The topological polar surface area (TPSA) is 96.5 Å². The zero-order valence-electron chi connectivity index (χ0n) is 14.1. The van der Waals surface area contributed by atoms with Crippen LogP contribution >= 0.6 is 0 Å². The standard InChI is InChI=1S/C15H22FN3O4S/c1-15(2,3)23-14(21)18-8-7-17-13(20)19-10-5-6-12(24(4)22)11(16)9-10/h5-6,9H,7-8H2,1-4H3,(H,18,21)(H2,17,19,20)/t24-/m1/s1. The maximum atomic E-state index is 13.7. The molecule has 0 fully saturated rings. The van der Waals surface area contributed by atoms with Gasteiger partial charge in [0.25, 0.3) is 0 Å². The molecule has 1 rings (SSSR count). The Bertz CT molecular complexity index is 632. The van der Waals surface area contributed by atoms with E-state index in [1.165, 1.54) is 18.4 Å². The predicted octanol–water partition coefficient (Wildman–Crippen LogP) is 2.21. The van der Waals surface area contributed by atoms with Crippen LogP contribution in [0.5, 0.6) is 0 Å². The van der Waals surface area contributed by atoms with E-state index in [1.54, 1.807) is 20.8 Å². The summed E-state index contributed by atoms with van der Waals surface area (Å²) in [4.78, 5) is 23.1. The van der Waals surface area contributed by atoms with Gasteiger partial charge in [-0.1, -0.05) is 0 Å². The Morgan fingerprint density at radius 1 is 1.21 bits per heavy atom. The zero-order chi connectivity index (χ0) is 18.3. The number of rotatable bonds is 5. The molecule has 0 spiro atoms. The van der Waals surface area contributed by atoms with Crippen LogP contribution in [-0.4, -0.2) is 41.3 Å². The minimum atomic E-state index is -1.44. The van der Waals surface area contributed by atoms with Gasteiger partial charge < -0.3 is 20.7 Å². The number of nitrogens with one attached hydrogen (secondary N) is 3. The lowest BCUT2D eigenvalue weighted by atomic mass is 10.2. The quantitative estimate of drug-likeness (QED) is 0.702. The van der Waals surface area contributed by atoms with Crippen molar-refractivity contribution in [3.05, 3.63) is 24.0 Å². The molecule has 3 amide bonds. The molecular weight excluding hydrogens is 337 g/mol. The highest BCUT2D eigenvalue weighted by Crippen LogP contribution is 2.16. The monoisotopic (exact) mass is 359 g/mol. The Labute approximate surface area is 142 Å². The van der Waals surface area contributed by atoms with E-state index in [9.17, 15) is 18.2 Å². The molecule has 1 aromatic rings. The maximum absolute atomic E-state index is 13.7. The van der Waals surface area contributed by atoms with Crippen LogP contribution in [0.15, 0.2) is 23.1 Å². The van der Waals surface area contributed by atoms with Crippen LogP contribution in [0.1, 0.15) is 20.8 Å². The highest BCUT2D eigenvalue weighted by Gasteiger charge is 2.15. The average Bonchev–Trinajstić information content (AvgIpc) is 2.41. The summed E-state index contributed by atoms with van der Waals surface area (Å²) in [6.45, 7) is 5.60. The first-order valence-corrected chi connectivity index (χ1v) is 8.79. The summed E-state index contributed by atoms with van der Waals surface area (Å²) in [5.74, 6) is -0.653. The average molecular weight is 359 g/mol. The molecule has 24 heavy (non-hydrogen) atoms. The molecule has 0 heterocycles. The number of benzene rings is 1. The van der Waals surface area contributed by atoms with Crippen molar-refractivity contribution in [2.24, 2.45) is 0 Å². The molecule has 0 bridgehead atoms. The number of carbonyl (C=O) groups is 2. The molecule has 0 aliphatic heterocycles. The second-order valence-corrected chi connectivity index (χ2v) is 7.26. The van der Waals surface area contributed by atoms with Crippen LogP contribution in [0.3, 0.4) is 0 Å². The molecule has 0 aliphatic carbocycles. The predicted molar refractivity (Wildman–Crippen MR) is 90.0 cm³/mol. The summed E-state index contributed by atoms with van der Waals surface area (Å²) < 4.78 is 29.9. The molecule has 0 aromatic heterocycles. The van der Waals surface area contributed by atoms with Gasteiger partial charge in [0.15, 0.2) is 0 Å². The van der Waals surface area contributed by atoms with Crippen molar-refractivity contribution in [2.75, 3.05) is 24.7 Å². The minimum absolute atomic E-state index is 0.0718. The van der Waals surface area contributed by atoms with Gasteiger partial charge in [0, 0.05) is 25.0 Å². The van der Waals surface area contributed by atoms with Crippen molar-refractivity contribution in [2.45, 2.75) is 31.3 Å². The third-order valence-corrected chi connectivity index (χ3v) is 3.53. The SMILES string of the molecule is C[S@@](=O)c1ccc(NC(=O)NCCNC(=O)OC(C)(C)C)cc1F. The molecular formula is C15H22FN3O4S. The Morgan fingerprint density at radius 3 is 2.38 bits per heavy atom. The Hall–Kier alpha value is -2.16. The number of urea groups is 1. The third-order valence-electron chi connectivity index (χ3n) is 2.58. The molecule has 1 aromatic carbocycles. The second kappa shape index (κ2) is 8.62. The van der Waals surface area contributed by atoms with Crippen molar-refractivity contribution >= 4 is 28.6 Å². The van der Waals surface area contributed by atoms with Crippen LogP contribution in [-0.2, 0) is 15.5 Å². The lowest BCUT2D eigenvalue weighted by Gasteiger charge is -2.19. The van der Waals surface area contributed by atoms with Crippen LogP contribution in [0, 0.1) is 5.82 Å². The summed E-state index contributed by atoms with van der Waals surface area (Å²) in [6, 6.07) is 3.35.